The van der Waals surface area contributed by atoms with Gasteiger partial charge < -0.3 is 24.3 Å². The second-order valence-electron chi connectivity index (χ2n) is 6.43. The van der Waals surface area contributed by atoms with Gasteiger partial charge in [0.25, 0.3) is 0 Å². The monoisotopic (exact) mass is 403 g/mol. The molecular weight excluding hydrogens is 384 g/mol. The number of benzene rings is 2. The highest BCUT2D eigenvalue weighted by Gasteiger charge is 2.22. The van der Waals surface area contributed by atoms with Crippen molar-refractivity contribution in [3.8, 4) is 23.0 Å². The molecule has 0 saturated heterocycles. The van der Waals surface area contributed by atoms with Crippen molar-refractivity contribution >= 4 is 11.5 Å². The lowest BCUT2D eigenvalue weighted by molar-refractivity contribution is -0.0514. The van der Waals surface area contributed by atoms with Gasteiger partial charge in [0.15, 0.2) is 28.8 Å². The molecule has 0 aromatic heterocycles. The maximum atomic E-state index is 12.8. The van der Waals surface area contributed by atoms with Crippen LogP contribution in [0.3, 0.4) is 0 Å². The molecule has 2 aliphatic heterocycles. The molecule has 0 amide bonds. The second kappa shape index (κ2) is 7.98. The number of hydrogen-bond donors (Lipinski definition) is 1. The Morgan fingerprint density at radius 3 is 2.76 bits per heavy atom. The summed E-state index contributed by atoms with van der Waals surface area (Å²) in [4.78, 5) is 12.8. The van der Waals surface area contributed by atoms with Gasteiger partial charge in [0.05, 0.1) is 6.61 Å². The quantitative estimate of drug-likeness (QED) is 0.585. The van der Waals surface area contributed by atoms with E-state index in [1.165, 1.54) is 24.3 Å². The Hall–Kier alpha value is -3.29. The van der Waals surface area contributed by atoms with E-state index in [9.17, 15) is 13.6 Å². The van der Waals surface area contributed by atoms with Gasteiger partial charge in [-0.15, -0.1) is 0 Å². The number of ketones is 1. The van der Waals surface area contributed by atoms with Crippen LogP contribution in [0.4, 0.5) is 8.78 Å². The highest BCUT2D eigenvalue weighted by atomic mass is 19.3. The van der Waals surface area contributed by atoms with Crippen molar-refractivity contribution < 1.29 is 32.5 Å². The molecule has 6 nitrogen and oxygen atoms in total. The summed E-state index contributed by atoms with van der Waals surface area (Å²) < 4.78 is 45.8. The van der Waals surface area contributed by atoms with Crippen molar-refractivity contribution in [3.63, 3.8) is 0 Å². The smallest absolute Gasteiger partial charge is 0.387 e. The third kappa shape index (κ3) is 3.96. The van der Waals surface area contributed by atoms with Crippen molar-refractivity contribution in [3.05, 3.63) is 53.1 Å². The first kappa shape index (κ1) is 19.0. The summed E-state index contributed by atoms with van der Waals surface area (Å²) in [5, 5.41) is 3.23. The van der Waals surface area contributed by atoms with Gasteiger partial charge in [-0.05, 0) is 49.2 Å². The molecule has 2 aliphatic rings. The zero-order valence-corrected chi connectivity index (χ0v) is 15.7. The number of ether oxygens (including phenoxy) is 4. The fourth-order valence-electron chi connectivity index (χ4n) is 3.33. The lowest BCUT2D eigenvalue weighted by atomic mass is 9.95. The minimum Gasteiger partial charge on any atom is -0.490 e. The molecule has 2 heterocycles. The van der Waals surface area contributed by atoms with Crippen LogP contribution in [0.1, 0.15) is 28.4 Å². The van der Waals surface area contributed by atoms with E-state index in [-0.39, 0.29) is 30.7 Å². The molecule has 29 heavy (non-hydrogen) atoms. The summed E-state index contributed by atoms with van der Waals surface area (Å²) in [6.07, 6.45) is 2.28. The Balaban J connectivity index is 1.64. The molecular formula is C21H19F2NO5. The van der Waals surface area contributed by atoms with Gasteiger partial charge in [-0.1, -0.05) is 0 Å². The Morgan fingerprint density at radius 1 is 1.21 bits per heavy atom. The van der Waals surface area contributed by atoms with Crippen molar-refractivity contribution in [2.45, 2.75) is 20.0 Å². The first-order valence-electron chi connectivity index (χ1n) is 9.19. The van der Waals surface area contributed by atoms with Gasteiger partial charge >= 0.3 is 6.61 Å². The molecule has 2 aromatic rings. The van der Waals surface area contributed by atoms with Crippen LogP contribution in [0.5, 0.6) is 23.0 Å². The number of rotatable bonds is 6. The standard InChI is InChI=1S/C21H19F2NO5/c1-2-26-18-8-13(3-4-17(18)29-21(22)23)16(25)10-15-14-9-20-19(27-11-28-20)7-12(14)5-6-24-15/h3-4,7-10,21,24H,2,5-6,11H2,1H3/b15-10-. The van der Waals surface area contributed by atoms with Crippen LogP contribution < -0.4 is 24.3 Å². The molecule has 152 valence electrons. The molecule has 1 N–H and O–H groups in total. The summed E-state index contributed by atoms with van der Waals surface area (Å²) >= 11 is 0. The zero-order chi connectivity index (χ0) is 20.4. The first-order valence-corrected chi connectivity index (χ1v) is 9.19. The number of alkyl halides is 2. The molecule has 8 heteroatoms. The Bertz CT molecular complexity index is 974. The highest BCUT2D eigenvalue weighted by molar-refractivity contribution is 6.09. The Labute approximate surface area is 166 Å². The van der Waals surface area contributed by atoms with Crippen LogP contribution in [0.15, 0.2) is 36.4 Å². The van der Waals surface area contributed by atoms with Crippen LogP contribution in [-0.2, 0) is 6.42 Å². The molecule has 0 radical (unpaired) electrons. The van der Waals surface area contributed by atoms with Crippen molar-refractivity contribution in [1.29, 1.82) is 0 Å². The van der Waals surface area contributed by atoms with Gasteiger partial charge in [-0.25, -0.2) is 0 Å². The summed E-state index contributed by atoms with van der Waals surface area (Å²) in [6.45, 7) is -0.154. The molecule has 4 rings (SSSR count). The SMILES string of the molecule is CCOc1cc(C(=O)/C=C2\NCCc3cc4c(cc32)OCO4)ccc1OC(F)F. The van der Waals surface area contributed by atoms with Gasteiger partial charge in [0, 0.05) is 29.4 Å². The minimum absolute atomic E-state index is 0.0948. The van der Waals surface area contributed by atoms with E-state index in [1.54, 1.807) is 6.92 Å². The Morgan fingerprint density at radius 2 is 2.00 bits per heavy atom. The average Bonchev–Trinajstić information content (AvgIpc) is 3.15. The number of hydrogen-bond acceptors (Lipinski definition) is 6. The third-order valence-corrected chi connectivity index (χ3v) is 4.62. The van der Waals surface area contributed by atoms with E-state index in [4.69, 9.17) is 14.2 Å². The molecule has 0 unspecified atom stereocenters. The summed E-state index contributed by atoms with van der Waals surface area (Å²) in [6, 6.07) is 7.94. The second-order valence-corrected chi connectivity index (χ2v) is 6.43. The number of nitrogens with one attached hydrogen (secondary N) is 1. The average molecular weight is 403 g/mol. The number of halogens is 2. The summed E-state index contributed by atoms with van der Waals surface area (Å²) in [7, 11) is 0. The summed E-state index contributed by atoms with van der Waals surface area (Å²) in [5.41, 5.74) is 2.90. The van der Waals surface area contributed by atoms with Crippen molar-refractivity contribution in [2.24, 2.45) is 0 Å². The lowest BCUT2D eigenvalue weighted by Crippen LogP contribution is -2.23. The lowest BCUT2D eigenvalue weighted by Gasteiger charge is -2.21. The molecule has 0 aliphatic carbocycles. The van der Waals surface area contributed by atoms with Crippen molar-refractivity contribution in [1.82, 2.24) is 5.32 Å². The van der Waals surface area contributed by atoms with E-state index in [2.05, 4.69) is 10.1 Å². The van der Waals surface area contributed by atoms with Crippen LogP contribution in [0.2, 0.25) is 0 Å². The van der Waals surface area contributed by atoms with E-state index < -0.39 is 6.61 Å². The zero-order valence-electron chi connectivity index (χ0n) is 15.7. The van der Waals surface area contributed by atoms with E-state index >= 15 is 0 Å². The van der Waals surface area contributed by atoms with E-state index in [0.717, 1.165) is 17.5 Å². The molecule has 0 spiro atoms. The molecule has 0 fully saturated rings. The number of fused-ring (bicyclic) bond motifs is 2. The topological polar surface area (TPSA) is 66.0 Å². The van der Waals surface area contributed by atoms with Crippen LogP contribution in [0.25, 0.3) is 5.70 Å². The summed E-state index contributed by atoms with van der Waals surface area (Å²) in [5.74, 6) is 1.03. The van der Waals surface area contributed by atoms with Gasteiger partial charge in [-0.2, -0.15) is 8.78 Å². The molecule has 2 aromatic carbocycles. The van der Waals surface area contributed by atoms with Gasteiger partial charge in [0.1, 0.15) is 0 Å². The largest absolute Gasteiger partial charge is 0.490 e. The molecule has 0 saturated carbocycles. The van der Waals surface area contributed by atoms with Crippen molar-refractivity contribution in [2.75, 3.05) is 19.9 Å². The molecule has 0 bridgehead atoms. The molecule has 0 atom stereocenters. The van der Waals surface area contributed by atoms with E-state index in [1.807, 2.05) is 12.1 Å². The number of allylic oxidation sites excluding steroid dienone is 1. The maximum Gasteiger partial charge on any atom is 0.387 e. The number of carbonyl (C=O) groups is 1. The van der Waals surface area contributed by atoms with Gasteiger partial charge in [0.2, 0.25) is 6.79 Å². The fraction of sp³-hybridized carbons (Fsp3) is 0.286. The maximum absolute atomic E-state index is 12.8. The fourth-order valence-corrected chi connectivity index (χ4v) is 3.33. The predicted molar refractivity (Wildman–Crippen MR) is 101 cm³/mol. The first-order chi connectivity index (χ1) is 14.0. The van der Waals surface area contributed by atoms with Crippen LogP contribution in [-0.4, -0.2) is 32.3 Å². The van der Waals surface area contributed by atoms with Crippen LogP contribution in [0, 0.1) is 0 Å². The highest BCUT2D eigenvalue weighted by Crippen LogP contribution is 2.38. The Kier molecular flexibility index (Phi) is 5.24. The van der Waals surface area contributed by atoms with Crippen LogP contribution >= 0.6 is 0 Å². The van der Waals surface area contributed by atoms with Gasteiger partial charge in [-0.3, -0.25) is 4.79 Å². The normalized spacial score (nSPS) is 15.8. The predicted octanol–water partition coefficient (Wildman–Crippen LogP) is 3.78. The number of carbonyl (C=O) groups excluding carboxylic acids is 1. The minimum atomic E-state index is -2.98. The third-order valence-electron chi connectivity index (χ3n) is 4.62. The van der Waals surface area contributed by atoms with E-state index in [0.29, 0.717) is 29.3 Å².